The van der Waals surface area contributed by atoms with Crippen LogP contribution in [0.15, 0.2) is 18.2 Å². The van der Waals surface area contributed by atoms with Crippen molar-refractivity contribution in [3.8, 4) is 0 Å². The van der Waals surface area contributed by atoms with Crippen LogP contribution in [0.2, 0.25) is 10.0 Å². The van der Waals surface area contributed by atoms with Gasteiger partial charge in [0.1, 0.15) is 0 Å². The number of amides is 1. The third kappa shape index (κ3) is 3.78. The zero-order valence-electron chi connectivity index (χ0n) is 14.2. The molecular weight excluding hydrogens is 363 g/mol. The smallest absolute Gasteiger partial charge is 0.311 e. The molecule has 25 heavy (non-hydrogen) atoms. The quantitative estimate of drug-likeness (QED) is 0.846. The number of benzene rings is 1. The zero-order chi connectivity index (χ0) is 18.2. The maximum Gasteiger partial charge on any atom is 0.311 e. The lowest BCUT2D eigenvalue weighted by Crippen LogP contribution is -2.40. The Kier molecular flexibility index (Phi) is 5.28. The predicted octanol–water partition coefficient (Wildman–Crippen LogP) is 3.14. The predicted molar refractivity (Wildman–Crippen MR) is 96.8 cm³/mol. The van der Waals surface area contributed by atoms with Crippen molar-refractivity contribution in [1.29, 1.82) is 0 Å². The molecule has 1 saturated heterocycles. The molecule has 1 saturated carbocycles. The Labute approximate surface area is 157 Å². The summed E-state index contributed by atoms with van der Waals surface area (Å²) in [7, 11) is 1.74. The van der Waals surface area contributed by atoms with Gasteiger partial charge in [0, 0.05) is 36.7 Å². The van der Waals surface area contributed by atoms with Crippen LogP contribution >= 0.6 is 23.2 Å². The van der Waals surface area contributed by atoms with Gasteiger partial charge >= 0.3 is 5.97 Å². The van der Waals surface area contributed by atoms with E-state index in [9.17, 15) is 14.7 Å². The Morgan fingerprint density at radius 2 is 2.00 bits per heavy atom. The first-order valence-electron chi connectivity index (χ1n) is 8.45. The van der Waals surface area contributed by atoms with Gasteiger partial charge in [-0.05, 0) is 42.5 Å². The fraction of sp³-hybridized carbons (Fsp3) is 0.556. The molecule has 0 radical (unpaired) electrons. The van der Waals surface area contributed by atoms with Gasteiger partial charge in [-0.3, -0.25) is 14.5 Å². The number of fused-ring (bicyclic) bond motifs is 1. The second-order valence-corrected chi connectivity index (χ2v) is 8.12. The molecule has 7 heteroatoms. The summed E-state index contributed by atoms with van der Waals surface area (Å²) in [6, 6.07) is 5.23. The van der Waals surface area contributed by atoms with Crippen molar-refractivity contribution in [2.45, 2.75) is 25.8 Å². The van der Waals surface area contributed by atoms with Crippen LogP contribution in [0, 0.1) is 11.3 Å². The molecule has 1 aromatic carbocycles. The number of rotatable bonds is 5. The highest BCUT2D eigenvalue weighted by Gasteiger charge is 2.54. The number of carboxylic acids is 1. The Morgan fingerprint density at radius 1 is 1.32 bits per heavy atom. The van der Waals surface area contributed by atoms with Crippen molar-refractivity contribution in [1.82, 2.24) is 9.80 Å². The average molecular weight is 385 g/mol. The molecule has 0 spiro atoms. The number of hydrogen-bond donors (Lipinski definition) is 1. The number of halogens is 2. The number of carboxylic acid groups (broad SMARTS) is 1. The molecule has 0 bridgehead atoms. The van der Waals surface area contributed by atoms with E-state index in [1.165, 1.54) is 0 Å². The number of hydrogen-bond acceptors (Lipinski definition) is 3. The molecule has 1 aliphatic heterocycles. The molecule has 2 fully saturated rings. The normalized spacial score (nSPS) is 25.8. The Morgan fingerprint density at radius 3 is 2.60 bits per heavy atom. The number of aliphatic carboxylic acids is 1. The van der Waals surface area contributed by atoms with Gasteiger partial charge in [-0.25, -0.2) is 0 Å². The summed E-state index contributed by atoms with van der Waals surface area (Å²) in [5.74, 6) is -0.585. The van der Waals surface area contributed by atoms with Crippen molar-refractivity contribution in [3.05, 3.63) is 33.8 Å². The molecule has 1 amide bonds. The molecule has 1 heterocycles. The van der Waals surface area contributed by atoms with Gasteiger partial charge in [0.15, 0.2) is 0 Å². The molecule has 2 atom stereocenters. The molecule has 1 aliphatic carbocycles. The third-order valence-electron chi connectivity index (χ3n) is 5.49. The highest BCUT2D eigenvalue weighted by molar-refractivity contribution is 6.34. The molecule has 1 N–H and O–H groups in total. The van der Waals surface area contributed by atoms with E-state index < -0.39 is 11.4 Å². The lowest BCUT2D eigenvalue weighted by molar-refractivity contribution is -0.149. The van der Waals surface area contributed by atoms with E-state index in [1.807, 2.05) is 4.90 Å². The van der Waals surface area contributed by atoms with Crippen LogP contribution in [0.25, 0.3) is 0 Å². The van der Waals surface area contributed by atoms with Crippen molar-refractivity contribution in [3.63, 3.8) is 0 Å². The number of nitrogens with zero attached hydrogens (tertiary/aromatic N) is 2. The first kappa shape index (κ1) is 18.5. The van der Waals surface area contributed by atoms with E-state index in [0.29, 0.717) is 36.1 Å². The minimum atomic E-state index is -0.716. The lowest BCUT2D eigenvalue weighted by atomic mass is 9.81. The van der Waals surface area contributed by atoms with Gasteiger partial charge in [0.25, 0.3) is 0 Å². The number of likely N-dealkylation sites (tertiary alicyclic amines) is 1. The van der Waals surface area contributed by atoms with Gasteiger partial charge in [0.2, 0.25) is 5.91 Å². The van der Waals surface area contributed by atoms with Crippen LogP contribution in [0.5, 0.6) is 0 Å². The van der Waals surface area contributed by atoms with Crippen LogP contribution in [0.4, 0.5) is 0 Å². The van der Waals surface area contributed by atoms with E-state index in [-0.39, 0.29) is 18.4 Å². The monoisotopic (exact) mass is 384 g/mol. The highest BCUT2D eigenvalue weighted by atomic mass is 35.5. The summed E-state index contributed by atoms with van der Waals surface area (Å²) in [5.41, 5.74) is 0.216. The maximum absolute atomic E-state index is 12.5. The number of carbonyl (C=O) groups is 2. The summed E-state index contributed by atoms with van der Waals surface area (Å²) in [4.78, 5) is 27.9. The fourth-order valence-electron chi connectivity index (χ4n) is 4.24. The summed E-state index contributed by atoms with van der Waals surface area (Å²) < 4.78 is 0. The first-order valence-corrected chi connectivity index (χ1v) is 9.20. The van der Waals surface area contributed by atoms with Gasteiger partial charge in [-0.2, -0.15) is 0 Å². The first-order chi connectivity index (χ1) is 11.8. The van der Waals surface area contributed by atoms with E-state index in [2.05, 4.69) is 0 Å². The zero-order valence-corrected chi connectivity index (χ0v) is 15.7. The summed E-state index contributed by atoms with van der Waals surface area (Å²) in [5, 5.41) is 10.7. The average Bonchev–Trinajstić information content (AvgIpc) is 3.03. The molecular formula is C18H22Cl2N2O3. The van der Waals surface area contributed by atoms with Crippen LogP contribution in [-0.2, 0) is 16.1 Å². The van der Waals surface area contributed by atoms with Crippen molar-refractivity contribution < 1.29 is 14.7 Å². The third-order valence-corrected chi connectivity index (χ3v) is 5.93. The standard InChI is InChI=1S/C18H22Cl2N2O3/c1-21(8-12-5-14(19)7-15(20)6-12)16(23)10-22-9-13-3-2-4-18(13,11-22)17(24)25/h5-7,13H,2-4,8-11H2,1H3,(H,24,25)/t13-,18+/m0/s1. The van der Waals surface area contributed by atoms with Crippen LogP contribution in [0.3, 0.4) is 0 Å². The van der Waals surface area contributed by atoms with E-state index in [0.717, 1.165) is 18.4 Å². The molecule has 2 aliphatic rings. The van der Waals surface area contributed by atoms with Crippen molar-refractivity contribution >= 4 is 35.1 Å². The highest BCUT2D eigenvalue weighted by Crippen LogP contribution is 2.48. The van der Waals surface area contributed by atoms with Crippen molar-refractivity contribution in [2.75, 3.05) is 26.7 Å². The molecule has 0 aromatic heterocycles. The van der Waals surface area contributed by atoms with E-state index in [1.54, 1.807) is 30.1 Å². The largest absolute Gasteiger partial charge is 0.481 e. The number of likely N-dealkylation sites (N-methyl/N-ethyl adjacent to an activating group) is 1. The molecule has 5 nitrogen and oxygen atoms in total. The minimum absolute atomic E-state index is 0.0309. The second-order valence-electron chi connectivity index (χ2n) is 7.25. The Hall–Kier alpha value is -1.30. The molecule has 0 unspecified atom stereocenters. The van der Waals surface area contributed by atoms with Crippen LogP contribution in [-0.4, -0.2) is 53.5 Å². The van der Waals surface area contributed by atoms with E-state index >= 15 is 0 Å². The summed E-state index contributed by atoms with van der Waals surface area (Å²) in [6.45, 7) is 1.82. The lowest BCUT2D eigenvalue weighted by Gasteiger charge is -2.24. The summed E-state index contributed by atoms with van der Waals surface area (Å²) >= 11 is 12.0. The second kappa shape index (κ2) is 7.14. The molecule has 136 valence electrons. The fourth-order valence-corrected chi connectivity index (χ4v) is 4.81. The minimum Gasteiger partial charge on any atom is -0.481 e. The number of carbonyl (C=O) groups excluding carboxylic acids is 1. The van der Waals surface area contributed by atoms with Crippen LogP contribution in [0.1, 0.15) is 24.8 Å². The van der Waals surface area contributed by atoms with Gasteiger partial charge in [0.05, 0.1) is 12.0 Å². The Balaban J connectivity index is 1.60. The van der Waals surface area contributed by atoms with Gasteiger partial charge in [-0.1, -0.05) is 29.6 Å². The van der Waals surface area contributed by atoms with E-state index in [4.69, 9.17) is 23.2 Å². The van der Waals surface area contributed by atoms with Crippen LogP contribution < -0.4 is 0 Å². The van der Waals surface area contributed by atoms with Crippen molar-refractivity contribution in [2.24, 2.45) is 11.3 Å². The topological polar surface area (TPSA) is 60.9 Å². The van der Waals surface area contributed by atoms with Gasteiger partial charge in [-0.15, -0.1) is 0 Å². The molecule has 3 rings (SSSR count). The summed E-state index contributed by atoms with van der Waals surface area (Å²) in [6.07, 6.45) is 2.62. The SMILES string of the molecule is CN(Cc1cc(Cl)cc(Cl)c1)C(=O)CN1C[C@@H]2CCC[C@@]2(C(=O)O)C1. The maximum atomic E-state index is 12.5. The Bertz CT molecular complexity index is 677. The molecule has 1 aromatic rings. The van der Waals surface area contributed by atoms with Gasteiger partial charge < -0.3 is 10.0 Å².